The van der Waals surface area contributed by atoms with E-state index in [1.54, 1.807) is 6.92 Å². The number of carbonyl (C=O) groups is 1. The molecule has 29 heavy (non-hydrogen) atoms. The molecule has 1 saturated heterocycles. The fourth-order valence-corrected chi connectivity index (χ4v) is 4.34. The van der Waals surface area contributed by atoms with Gasteiger partial charge in [0.2, 0.25) is 5.91 Å². The highest BCUT2D eigenvalue weighted by Crippen LogP contribution is 2.30. The Hall–Kier alpha value is -2.44. The second-order valence-electron chi connectivity index (χ2n) is 7.94. The Balaban J connectivity index is 1.36. The zero-order valence-electron chi connectivity index (χ0n) is 16.9. The minimum Gasteiger partial charge on any atom is -0.387 e. The third kappa shape index (κ3) is 4.43. The normalized spacial score (nSPS) is 18.4. The lowest BCUT2D eigenvalue weighted by Gasteiger charge is -2.37. The summed E-state index contributed by atoms with van der Waals surface area (Å²) in [5, 5.41) is 10.8. The third-order valence-corrected chi connectivity index (χ3v) is 5.98. The number of β-amino-alcohol motifs (C(OH)–C–C–N with tert-alkyl or cyclic N) is 1. The van der Waals surface area contributed by atoms with E-state index in [0.29, 0.717) is 6.54 Å². The van der Waals surface area contributed by atoms with E-state index < -0.39 is 6.10 Å². The third-order valence-electron chi connectivity index (χ3n) is 5.98. The van der Waals surface area contributed by atoms with Crippen LogP contribution in [0.5, 0.6) is 0 Å². The minimum atomic E-state index is -0.551. The van der Waals surface area contributed by atoms with E-state index in [0.717, 1.165) is 68.1 Å². The molecule has 154 valence electrons. The molecule has 0 radical (unpaired) electrons. The molecular formula is C23H28FN3O2. The Morgan fingerprint density at radius 1 is 1.07 bits per heavy atom. The van der Waals surface area contributed by atoms with Crippen molar-refractivity contribution in [3.8, 4) is 0 Å². The van der Waals surface area contributed by atoms with Crippen LogP contribution in [0.4, 0.5) is 15.8 Å². The molecule has 4 rings (SSSR count). The molecule has 1 unspecified atom stereocenters. The number of aliphatic hydroxyl groups is 1. The van der Waals surface area contributed by atoms with Gasteiger partial charge in [-0.05, 0) is 54.3 Å². The van der Waals surface area contributed by atoms with Crippen molar-refractivity contribution in [1.82, 2.24) is 4.90 Å². The highest BCUT2D eigenvalue weighted by Gasteiger charge is 2.23. The zero-order chi connectivity index (χ0) is 20.4. The van der Waals surface area contributed by atoms with Gasteiger partial charge in [0.1, 0.15) is 5.82 Å². The fourth-order valence-electron chi connectivity index (χ4n) is 4.34. The summed E-state index contributed by atoms with van der Waals surface area (Å²) < 4.78 is 13.1. The lowest BCUT2D eigenvalue weighted by atomic mass is 9.97. The lowest BCUT2D eigenvalue weighted by Crippen LogP contribution is -2.47. The van der Waals surface area contributed by atoms with Gasteiger partial charge in [-0.1, -0.05) is 12.1 Å². The monoisotopic (exact) mass is 397 g/mol. The zero-order valence-corrected chi connectivity index (χ0v) is 16.9. The molecule has 0 spiro atoms. The molecule has 1 N–H and O–H groups in total. The van der Waals surface area contributed by atoms with E-state index >= 15 is 0 Å². The quantitative estimate of drug-likeness (QED) is 0.862. The van der Waals surface area contributed by atoms with Crippen molar-refractivity contribution >= 4 is 17.3 Å². The number of amides is 1. The van der Waals surface area contributed by atoms with E-state index in [-0.39, 0.29) is 11.7 Å². The largest absolute Gasteiger partial charge is 0.387 e. The summed E-state index contributed by atoms with van der Waals surface area (Å²) >= 11 is 0. The predicted molar refractivity (Wildman–Crippen MR) is 113 cm³/mol. The Morgan fingerprint density at radius 3 is 2.48 bits per heavy atom. The summed E-state index contributed by atoms with van der Waals surface area (Å²) in [7, 11) is 0. The summed E-state index contributed by atoms with van der Waals surface area (Å²) in [6.45, 7) is 6.39. The molecule has 0 bridgehead atoms. The average Bonchev–Trinajstić information content (AvgIpc) is 2.74. The standard InChI is InChI=1S/C23H28FN3O2/c1-17(28)27-10-2-3-18-15-19(4-9-22(18)27)23(29)16-25-11-13-26(14-12-25)21-7-5-20(24)6-8-21/h4-9,15,23,29H,2-3,10-14,16H2,1H3. The molecular weight excluding hydrogens is 369 g/mol. The van der Waals surface area contributed by atoms with Gasteiger partial charge in [-0.3, -0.25) is 9.69 Å². The highest BCUT2D eigenvalue weighted by molar-refractivity contribution is 5.92. The number of rotatable bonds is 4. The van der Waals surface area contributed by atoms with Crippen molar-refractivity contribution in [2.45, 2.75) is 25.9 Å². The maximum Gasteiger partial charge on any atom is 0.223 e. The molecule has 0 saturated carbocycles. The number of nitrogens with zero attached hydrogens (tertiary/aromatic N) is 3. The highest BCUT2D eigenvalue weighted by atomic mass is 19.1. The van der Waals surface area contributed by atoms with E-state index in [4.69, 9.17) is 0 Å². The van der Waals surface area contributed by atoms with Gasteiger partial charge in [-0.15, -0.1) is 0 Å². The Labute approximate surface area is 171 Å². The smallest absolute Gasteiger partial charge is 0.223 e. The van der Waals surface area contributed by atoms with Gasteiger partial charge in [0, 0.05) is 57.6 Å². The topological polar surface area (TPSA) is 47.0 Å². The predicted octanol–water partition coefficient (Wildman–Crippen LogP) is 2.98. The molecule has 1 fully saturated rings. The van der Waals surface area contributed by atoms with Gasteiger partial charge < -0.3 is 14.9 Å². The number of piperazine rings is 1. The summed E-state index contributed by atoms with van der Waals surface area (Å²) in [5.74, 6) is -0.148. The van der Waals surface area contributed by atoms with Gasteiger partial charge in [0.05, 0.1) is 6.10 Å². The molecule has 5 nitrogen and oxygen atoms in total. The molecule has 2 aromatic carbocycles. The number of hydrogen-bond acceptors (Lipinski definition) is 4. The molecule has 2 heterocycles. The number of anilines is 2. The molecule has 6 heteroatoms. The molecule has 2 aliphatic heterocycles. The van der Waals surface area contributed by atoms with E-state index in [9.17, 15) is 14.3 Å². The number of benzene rings is 2. The molecule has 0 aliphatic carbocycles. The number of fused-ring (bicyclic) bond motifs is 1. The van der Waals surface area contributed by atoms with Gasteiger partial charge in [0.15, 0.2) is 0 Å². The second-order valence-corrected chi connectivity index (χ2v) is 7.94. The van der Waals surface area contributed by atoms with E-state index in [1.165, 1.54) is 12.1 Å². The van der Waals surface area contributed by atoms with Gasteiger partial charge in [0.25, 0.3) is 0 Å². The van der Waals surface area contributed by atoms with Crippen molar-refractivity contribution in [3.63, 3.8) is 0 Å². The summed E-state index contributed by atoms with van der Waals surface area (Å²) in [4.78, 5) is 18.2. The van der Waals surface area contributed by atoms with Crippen LogP contribution in [0.2, 0.25) is 0 Å². The molecule has 1 atom stereocenters. The first kappa shape index (κ1) is 19.9. The minimum absolute atomic E-state index is 0.0678. The Kier molecular flexibility index (Phi) is 5.83. The van der Waals surface area contributed by atoms with Crippen LogP contribution in [0.25, 0.3) is 0 Å². The number of aryl methyl sites for hydroxylation is 1. The number of hydrogen-bond donors (Lipinski definition) is 1. The van der Waals surface area contributed by atoms with Crippen molar-refractivity contribution in [2.24, 2.45) is 0 Å². The maximum atomic E-state index is 13.1. The van der Waals surface area contributed by atoms with Crippen LogP contribution >= 0.6 is 0 Å². The van der Waals surface area contributed by atoms with Crippen LogP contribution in [0.15, 0.2) is 42.5 Å². The number of aliphatic hydroxyl groups excluding tert-OH is 1. The fraction of sp³-hybridized carbons (Fsp3) is 0.435. The van der Waals surface area contributed by atoms with Crippen molar-refractivity contribution in [2.75, 3.05) is 49.1 Å². The SMILES string of the molecule is CC(=O)N1CCCc2cc(C(O)CN3CCN(c4ccc(F)cc4)CC3)ccc21. The number of carbonyl (C=O) groups excluding carboxylic acids is 1. The van der Waals surface area contributed by atoms with E-state index in [2.05, 4.69) is 15.9 Å². The maximum absolute atomic E-state index is 13.1. The Bertz CT molecular complexity index is 863. The first-order chi connectivity index (χ1) is 14.0. The van der Waals surface area contributed by atoms with Gasteiger partial charge in [-0.25, -0.2) is 4.39 Å². The average molecular weight is 397 g/mol. The van der Waals surface area contributed by atoms with Crippen LogP contribution in [-0.4, -0.2) is 55.2 Å². The van der Waals surface area contributed by atoms with Crippen LogP contribution in [-0.2, 0) is 11.2 Å². The molecule has 2 aromatic rings. The van der Waals surface area contributed by atoms with E-state index in [1.807, 2.05) is 29.2 Å². The van der Waals surface area contributed by atoms with Crippen molar-refractivity contribution < 1.29 is 14.3 Å². The second kappa shape index (κ2) is 8.51. The first-order valence-corrected chi connectivity index (χ1v) is 10.3. The number of halogens is 1. The first-order valence-electron chi connectivity index (χ1n) is 10.3. The lowest BCUT2D eigenvalue weighted by molar-refractivity contribution is -0.116. The van der Waals surface area contributed by atoms with Crippen molar-refractivity contribution in [3.05, 3.63) is 59.4 Å². The van der Waals surface area contributed by atoms with Crippen LogP contribution in [0.1, 0.15) is 30.6 Å². The van der Waals surface area contributed by atoms with Crippen LogP contribution < -0.4 is 9.80 Å². The van der Waals surface area contributed by atoms with Crippen LogP contribution in [0, 0.1) is 5.82 Å². The van der Waals surface area contributed by atoms with Gasteiger partial charge >= 0.3 is 0 Å². The summed E-state index contributed by atoms with van der Waals surface area (Å²) in [6, 6.07) is 12.6. The molecule has 2 aliphatic rings. The van der Waals surface area contributed by atoms with Crippen molar-refractivity contribution in [1.29, 1.82) is 0 Å². The van der Waals surface area contributed by atoms with Crippen LogP contribution in [0.3, 0.4) is 0 Å². The molecule has 1 amide bonds. The molecule has 0 aromatic heterocycles. The van der Waals surface area contributed by atoms with Gasteiger partial charge in [-0.2, -0.15) is 0 Å². The Morgan fingerprint density at radius 2 is 1.79 bits per heavy atom. The summed E-state index contributed by atoms with van der Waals surface area (Å²) in [6.07, 6.45) is 1.35. The summed E-state index contributed by atoms with van der Waals surface area (Å²) in [5.41, 5.74) is 4.07.